The molecule has 1 amide bonds. The van der Waals surface area contributed by atoms with E-state index < -0.39 is 36.5 Å². The lowest BCUT2D eigenvalue weighted by Crippen LogP contribution is -2.44. The van der Waals surface area contributed by atoms with Crippen molar-refractivity contribution in [2.75, 3.05) is 6.61 Å². The van der Waals surface area contributed by atoms with Crippen molar-refractivity contribution in [1.82, 2.24) is 26.2 Å². The van der Waals surface area contributed by atoms with Crippen molar-refractivity contribution in [1.29, 1.82) is 0 Å². The van der Waals surface area contributed by atoms with Crippen LogP contribution in [0.3, 0.4) is 0 Å². The largest absolute Gasteiger partial charge is 0.416 e. The van der Waals surface area contributed by atoms with Crippen LogP contribution in [0.15, 0.2) is 47.5 Å². The summed E-state index contributed by atoms with van der Waals surface area (Å²) < 4.78 is 38.1. The first-order valence-corrected chi connectivity index (χ1v) is 8.74. The van der Waals surface area contributed by atoms with E-state index in [0.717, 1.165) is 12.1 Å². The third-order valence-corrected chi connectivity index (χ3v) is 4.45. The van der Waals surface area contributed by atoms with Crippen LogP contribution in [-0.4, -0.2) is 45.0 Å². The van der Waals surface area contributed by atoms with E-state index in [1.165, 1.54) is 18.2 Å². The van der Waals surface area contributed by atoms with Crippen LogP contribution in [0.2, 0.25) is 0 Å². The second kappa shape index (κ2) is 7.72. The minimum atomic E-state index is -4.44. The van der Waals surface area contributed by atoms with Gasteiger partial charge in [-0.3, -0.25) is 4.79 Å². The number of hydrogen-bond donors (Lipinski definition) is 4. The van der Waals surface area contributed by atoms with Crippen molar-refractivity contribution >= 4 is 22.8 Å². The van der Waals surface area contributed by atoms with E-state index in [4.69, 9.17) is 4.84 Å². The molecule has 30 heavy (non-hydrogen) atoms. The monoisotopic (exact) mass is 420 g/mol. The van der Waals surface area contributed by atoms with Gasteiger partial charge in [-0.1, -0.05) is 12.1 Å². The Bertz CT molecular complexity index is 1100. The van der Waals surface area contributed by atoms with Gasteiger partial charge in [-0.05, 0) is 35.9 Å². The number of rotatable bonds is 5. The molecule has 12 heteroatoms. The predicted octanol–water partition coefficient (Wildman–Crippen LogP) is 1.70. The topological polar surface area (TPSA) is 125 Å². The molecule has 9 nitrogen and oxygen atoms in total. The summed E-state index contributed by atoms with van der Waals surface area (Å²) in [5, 5.41) is 22.5. The SMILES string of the molecule is O=C(N[C@@H](CO)C1=NC(c2ccc(C(F)(F)F)cc2)NO1)c1ccc2n[nH]nc2c1. The number of halogens is 3. The smallest absolute Gasteiger partial charge is 0.394 e. The van der Waals surface area contributed by atoms with Gasteiger partial charge in [0.25, 0.3) is 5.91 Å². The van der Waals surface area contributed by atoms with Crippen LogP contribution >= 0.6 is 0 Å². The van der Waals surface area contributed by atoms with Crippen LogP contribution in [0.1, 0.15) is 27.7 Å². The van der Waals surface area contributed by atoms with Gasteiger partial charge in [0, 0.05) is 5.56 Å². The van der Waals surface area contributed by atoms with Gasteiger partial charge in [-0.15, -0.1) is 5.48 Å². The van der Waals surface area contributed by atoms with Gasteiger partial charge in [-0.25, -0.2) is 4.99 Å². The van der Waals surface area contributed by atoms with Crippen molar-refractivity contribution in [3.8, 4) is 0 Å². The molecule has 1 unspecified atom stereocenters. The zero-order chi connectivity index (χ0) is 21.3. The number of hydrogen-bond acceptors (Lipinski definition) is 7. The van der Waals surface area contributed by atoms with E-state index in [-0.39, 0.29) is 5.90 Å². The molecule has 0 saturated carbocycles. The molecule has 0 saturated heterocycles. The second-order valence-electron chi connectivity index (χ2n) is 6.45. The number of fused-ring (bicyclic) bond motifs is 1. The second-order valence-corrected chi connectivity index (χ2v) is 6.45. The number of aliphatic imine (C=N–C) groups is 1. The molecular formula is C18H15F3N6O3. The summed E-state index contributed by atoms with van der Waals surface area (Å²) in [5.41, 5.74) is 3.60. The number of aromatic nitrogens is 3. The molecule has 2 atom stereocenters. The number of aliphatic hydroxyl groups is 1. The van der Waals surface area contributed by atoms with Crippen molar-refractivity contribution in [3.05, 3.63) is 59.2 Å². The van der Waals surface area contributed by atoms with Gasteiger partial charge in [-0.2, -0.15) is 28.6 Å². The number of alkyl halides is 3. The Morgan fingerprint density at radius 3 is 2.60 bits per heavy atom. The summed E-state index contributed by atoms with van der Waals surface area (Å²) in [6, 6.07) is 8.17. The normalized spacial score (nSPS) is 17.5. The van der Waals surface area contributed by atoms with E-state index in [2.05, 4.69) is 31.2 Å². The lowest BCUT2D eigenvalue weighted by atomic mass is 10.1. The highest BCUT2D eigenvalue weighted by Gasteiger charge is 2.32. The highest BCUT2D eigenvalue weighted by atomic mass is 19.4. The first kappa shape index (κ1) is 19.8. The Morgan fingerprint density at radius 1 is 1.17 bits per heavy atom. The van der Waals surface area contributed by atoms with Gasteiger partial charge < -0.3 is 15.3 Å². The predicted molar refractivity (Wildman–Crippen MR) is 98.1 cm³/mol. The van der Waals surface area contributed by atoms with Crippen LogP contribution in [0, 0.1) is 0 Å². The summed E-state index contributed by atoms with van der Waals surface area (Å²) in [5.74, 6) is -0.499. The van der Waals surface area contributed by atoms with Crippen molar-refractivity contribution in [3.63, 3.8) is 0 Å². The molecule has 4 N–H and O–H groups in total. The highest BCUT2D eigenvalue weighted by molar-refractivity contribution is 5.99. The summed E-state index contributed by atoms with van der Waals surface area (Å²) in [6.45, 7) is -0.502. The minimum Gasteiger partial charge on any atom is -0.394 e. The van der Waals surface area contributed by atoms with E-state index in [9.17, 15) is 23.1 Å². The summed E-state index contributed by atoms with van der Waals surface area (Å²) in [7, 11) is 0. The van der Waals surface area contributed by atoms with Crippen LogP contribution in [0.5, 0.6) is 0 Å². The number of H-pyrrole nitrogens is 1. The fourth-order valence-corrected chi connectivity index (χ4v) is 2.86. The minimum absolute atomic E-state index is 0.00161. The molecule has 1 aliphatic rings. The van der Waals surface area contributed by atoms with E-state index in [1.807, 2.05) is 0 Å². The molecule has 156 valence electrons. The highest BCUT2D eigenvalue weighted by Crippen LogP contribution is 2.30. The average molecular weight is 420 g/mol. The maximum absolute atomic E-state index is 12.7. The number of hydroxylamine groups is 1. The van der Waals surface area contributed by atoms with Crippen LogP contribution in [0.4, 0.5) is 13.2 Å². The van der Waals surface area contributed by atoms with Gasteiger partial charge in [0.2, 0.25) is 5.90 Å². The van der Waals surface area contributed by atoms with Crippen LogP contribution < -0.4 is 10.8 Å². The molecule has 0 fully saturated rings. The van der Waals surface area contributed by atoms with E-state index in [1.54, 1.807) is 12.1 Å². The number of carbonyl (C=O) groups is 1. The van der Waals surface area contributed by atoms with Crippen molar-refractivity contribution in [2.45, 2.75) is 18.4 Å². The molecule has 0 bridgehead atoms. The number of benzene rings is 2. The van der Waals surface area contributed by atoms with Crippen LogP contribution in [-0.2, 0) is 11.0 Å². The van der Waals surface area contributed by atoms with E-state index >= 15 is 0 Å². The van der Waals surface area contributed by atoms with Gasteiger partial charge in [0.15, 0.2) is 6.17 Å². The number of aliphatic hydroxyl groups excluding tert-OH is 1. The maximum Gasteiger partial charge on any atom is 0.416 e. The molecule has 1 aliphatic heterocycles. The number of nitrogens with zero attached hydrogens (tertiary/aromatic N) is 3. The third-order valence-electron chi connectivity index (χ3n) is 4.45. The first-order valence-electron chi connectivity index (χ1n) is 8.74. The third kappa shape index (κ3) is 3.95. The molecule has 4 rings (SSSR count). The number of nitrogens with one attached hydrogen (secondary N) is 3. The van der Waals surface area contributed by atoms with Gasteiger partial charge in [0.1, 0.15) is 17.1 Å². The number of carbonyl (C=O) groups excluding carboxylic acids is 1. The molecule has 0 radical (unpaired) electrons. The summed E-state index contributed by atoms with van der Waals surface area (Å²) in [6.07, 6.45) is -5.21. The zero-order valence-corrected chi connectivity index (χ0v) is 15.1. The van der Waals surface area contributed by atoms with E-state index in [0.29, 0.717) is 22.2 Å². The molecule has 3 aromatic rings. The fraction of sp³-hybridized carbons (Fsp3) is 0.222. The standard InChI is InChI=1S/C18H15F3N6O3/c19-18(20,21)11-4-1-9(2-5-11)15-23-17(30-26-15)14(8-28)22-16(29)10-3-6-12-13(7-10)25-27-24-12/h1-7,14-15,26,28H,8H2,(H,22,29)(H,24,25,27)/t14-,15?/m0/s1. The summed E-state index contributed by atoms with van der Waals surface area (Å²) >= 11 is 0. The van der Waals surface area contributed by atoms with Crippen molar-refractivity contribution in [2.24, 2.45) is 4.99 Å². The molecule has 0 spiro atoms. The number of amides is 1. The Kier molecular flexibility index (Phi) is 5.10. The lowest BCUT2D eigenvalue weighted by molar-refractivity contribution is -0.137. The van der Waals surface area contributed by atoms with Gasteiger partial charge >= 0.3 is 6.18 Å². The number of aromatic amines is 1. The Morgan fingerprint density at radius 2 is 1.90 bits per heavy atom. The molecule has 0 aliphatic carbocycles. The van der Waals surface area contributed by atoms with Crippen molar-refractivity contribution < 1.29 is 27.9 Å². The molecule has 1 aromatic heterocycles. The molecule has 2 aromatic carbocycles. The molecule has 2 heterocycles. The fourth-order valence-electron chi connectivity index (χ4n) is 2.86. The average Bonchev–Trinajstić information content (AvgIpc) is 3.40. The Balaban J connectivity index is 1.47. The first-order chi connectivity index (χ1) is 14.3. The Labute approximate surface area is 166 Å². The zero-order valence-electron chi connectivity index (χ0n) is 15.1. The lowest BCUT2D eigenvalue weighted by Gasteiger charge is -2.14. The molecular weight excluding hydrogens is 405 g/mol. The van der Waals surface area contributed by atoms with Crippen LogP contribution in [0.25, 0.3) is 11.0 Å². The van der Waals surface area contributed by atoms with Gasteiger partial charge in [0.05, 0.1) is 12.2 Å². The summed E-state index contributed by atoms with van der Waals surface area (Å²) in [4.78, 5) is 22.0. The maximum atomic E-state index is 12.7. The Hall–Kier alpha value is -3.51. The quantitative estimate of drug-likeness (QED) is 0.498.